The topological polar surface area (TPSA) is 121 Å². The van der Waals surface area contributed by atoms with Crippen molar-refractivity contribution in [1.29, 1.82) is 0 Å². The Morgan fingerprint density at radius 3 is 2.33 bits per heavy atom. The molecule has 24 heavy (non-hydrogen) atoms. The predicted octanol–water partition coefficient (Wildman–Crippen LogP) is 2.69. The lowest BCUT2D eigenvalue weighted by atomic mass is 10.1. The summed E-state index contributed by atoms with van der Waals surface area (Å²) in [4.78, 5) is 12.4. The molecular formula is C15H17N3O5S. The maximum absolute atomic E-state index is 12.4. The van der Waals surface area contributed by atoms with Crippen molar-refractivity contribution in [2.45, 2.75) is 26.1 Å². The normalized spacial score (nSPS) is 12.0. The molecule has 128 valence electrons. The molecule has 2 N–H and O–H groups in total. The Labute approximate surface area is 138 Å². The first-order valence-corrected chi connectivity index (χ1v) is 8.72. The second-order valence-electron chi connectivity index (χ2n) is 5.09. The van der Waals surface area contributed by atoms with Crippen LogP contribution in [0.3, 0.4) is 0 Å². The van der Waals surface area contributed by atoms with Gasteiger partial charge in [0, 0.05) is 12.1 Å². The van der Waals surface area contributed by atoms with Crippen molar-refractivity contribution in [3.8, 4) is 5.88 Å². The Kier molecular flexibility index (Phi) is 5.15. The van der Waals surface area contributed by atoms with Gasteiger partial charge in [0.2, 0.25) is 0 Å². The molecule has 0 fully saturated rings. The van der Waals surface area contributed by atoms with Crippen molar-refractivity contribution in [1.82, 2.24) is 4.57 Å². The van der Waals surface area contributed by atoms with Crippen molar-refractivity contribution in [2.75, 3.05) is 0 Å². The minimum Gasteiger partial charge on any atom is -0.494 e. The second-order valence-corrected chi connectivity index (χ2v) is 6.54. The van der Waals surface area contributed by atoms with Gasteiger partial charge >= 0.3 is 0 Å². The molecule has 0 unspecified atom stereocenters. The van der Waals surface area contributed by atoms with Gasteiger partial charge in [0.05, 0.1) is 5.69 Å². The number of aromatic nitrogens is 1. The number of aromatic hydroxyl groups is 1. The van der Waals surface area contributed by atoms with Crippen LogP contribution in [0.1, 0.15) is 18.1 Å². The lowest BCUT2D eigenvalue weighted by molar-refractivity contribution is 0.403. The van der Waals surface area contributed by atoms with Crippen molar-refractivity contribution >= 4 is 21.5 Å². The monoisotopic (exact) mass is 351 g/mol. The third-order valence-corrected chi connectivity index (χ3v) is 4.10. The number of hydrogen-bond donors (Lipinski definition) is 2. The zero-order chi connectivity index (χ0) is 17.9. The largest absolute Gasteiger partial charge is 0.494 e. The van der Waals surface area contributed by atoms with E-state index in [1.54, 1.807) is 37.3 Å². The van der Waals surface area contributed by atoms with Gasteiger partial charge < -0.3 is 5.11 Å². The standard InChI is InChI=1S/C15H17N3O5S/c1-3-18-14(19)12(9-24(21,22)23)10(2)13(15(18)20)17-16-11-7-5-4-6-8-11/h4-8,19H,3,9H2,1-2H3,(H,21,22,23). The van der Waals surface area contributed by atoms with Crippen LogP contribution in [0, 0.1) is 6.92 Å². The molecule has 0 saturated heterocycles. The van der Waals surface area contributed by atoms with Crippen LogP contribution in [0.2, 0.25) is 0 Å². The maximum Gasteiger partial charge on any atom is 0.281 e. The summed E-state index contributed by atoms with van der Waals surface area (Å²) in [5.41, 5.74) is -0.0901. The molecule has 0 atom stereocenters. The van der Waals surface area contributed by atoms with Gasteiger partial charge in [0.25, 0.3) is 15.7 Å². The summed E-state index contributed by atoms with van der Waals surface area (Å²) < 4.78 is 32.4. The molecule has 1 aromatic carbocycles. The highest BCUT2D eigenvalue weighted by atomic mass is 32.2. The van der Waals surface area contributed by atoms with E-state index in [-0.39, 0.29) is 23.4 Å². The van der Waals surface area contributed by atoms with Crippen LogP contribution in [-0.4, -0.2) is 22.6 Å². The molecule has 0 aliphatic carbocycles. The van der Waals surface area contributed by atoms with E-state index >= 15 is 0 Å². The zero-order valence-corrected chi connectivity index (χ0v) is 14.0. The minimum atomic E-state index is -4.39. The Balaban J connectivity index is 2.65. The van der Waals surface area contributed by atoms with E-state index < -0.39 is 27.3 Å². The molecule has 9 heteroatoms. The van der Waals surface area contributed by atoms with Gasteiger partial charge in [-0.05, 0) is 31.5 Å². The zero-order valence-electron chi connectivity index (χ0n) is 13.2. The van der Waals surface area contributed by atoms with Crippen molar-refractivity contribution in [3.05, 3.63) is 51.8 Å². The predicted molar refractivity (Wildman–Crippen MR) is 88.6 cm³/mol. The Morgan fingerprint density at radius 1 is 1.17 bits per heavy atom. The van der Waals surface area contributed by atoms with Gasteiger partial charge in [0.15, 0.2) is 11.6 Å². The SMILES string of the molecule is CCn1c(O)c(CS(=O)(=O)O)c(C)c(N=Nc2ccccc2)c1=O. The average Bonchev–Trinajstić information content (AvgIpc) is 2.52. The van der Waals surface area contributed by atoms with Gasteiger partial charge in [-0.15, -0.1) is 5.11 Å². The van der Waals surface area contributed by atoms with Crippen molar-refractivity contribution in [3.63, 3.8) is 0 Å². The summed E-state index contributed by atoms with van der Waals surface area (Å²) in [5.74, 6) is -1.32. The number of hydrogen-bond acceptors (Lipinski definition) is 6. The number of nitrogens with zero attached hydrogens (tertiary/aromatic N) is 3. The third kappa shape index (κ3) is 3.87. The van der Waals surface area contributed by atoms with Gasteiger partial charge in [-0.3, -0.25) is 13.9 Å². The summed E-state index contributed by atoms with van der Waals surface area (Å²) >= 11 is 0. The molecule has 0 radical (unpaired) electrons. The number of azo groups is 1. The van der Waals surface area contributed by atoms with Crippen LogP contribution >= 0.6 is 0 Å². The fraction of sp³-hybridized carbons (Fsp3) is 0.267. The highest BCUT2D eigenvalue weighted by Gasteiger charge is 2.22. The fourth-order valence-electron chi connectivity index (χ4n) is 2.23. The Morgan fingerprint density at radius 2 is 1.79 bits per heavy atom. The van der Waals surface area contributed by atoms with E-state index in [4.69, 9.17) is 4.55 Å². The molecule has 2 rings (SSSR count). The number of benzene rings is 1. The average molecular weight is 351 g/mol. The first kappa shape index (κ1) is 17.8. The van der Waals surface area contributed by atoms with Gasteiger partial charge in [0.1, 0.15) is 5.75 Å². The lowest BCUT2D eigenvalue weighted by Crippen LogP contribution is -2.22. The first-order chi connectivity index (χ1) is 11.2. The number of rotatable bonds is 5. The van der Waals surface area contributed by atoms with Gasteiger partial charge in [-0.25, -0.2) is 0 Å². The Hall–Kier alpha value is -2.52. The summed E-state index contributed by atoms with van der Waals surface area (Å²) in [6, 6.07) is 8.70. The van der Waals surface area contributed by atoms with E-state index in [2.05, 4.69) is 10.2 Å². The van der Waals surface area contributed by atoms with Crippen molar-refractivity contribution < 1.29 is 18.1 Å². The fourth-order valence-corrected chi connectivity index (χ4v) is 2.94. The molecule has 1 aromatic heterocycles. The molecule has 1 heterocycles. The summed E-state index contributed by atoms with van der Waals surface area (Å²) in [6.45, 7) is 3.17. The van der Waals surface area contributed by atoms with Crippen LogP contribution in [0.25, 0.3) is 0 Å². The number of pyridine rings is 1. The Bertz CT molecular complexity index is 934. The molecule has 0 saturated carbocycles. The highest BCUT2D eigenvalue weighted by Crippen LogP contribution is 2.28. The first-order valence-electron chi connectivity index (χ1n) is 7.11. The van der Waals surface area contributed by atoms with Gasteiger partial charge in [-0.1, -0.05) is 18.2 Å². The van der Waals surface area contributed by atoms with Crippen LogP contribution in [0.4, 0.5) is 11.4 Å². The molecule has 2 aromatic rings. The minimum absolute atomic E-state index is 0.0824. The van der Waals surface area contributed by atoms with Crippen LogP contribution in [0.15, 0.2) is 45.4 Å². The van der Waals surface area contributed by atoms with E-state index in [9.17, 15) is 18.3 Å². The van der Waals surface area contributed by atoms with Crippen molar-refractivity contribution in [2.24, 2.45) is 10.2 Å². The van der Waals surface area contributed by atoms with E-state index in [0.29, 0.717) is 5.69 Å². The van der Waals surface area contributed by atoms with E-state index in [0.717, 1.165) is 4.57 Å². The van der Waals surface area contributed by atoms with E-state index in [1.165, 1.54) is 6.92 Å². The lowest BCUT2D eigenvalue weighted by Gasteiger charge is -2.14. The molecule has 0 aliphatic heterocycles. The molecular weight excluding hydrogens is 334 g/mol. The van der Waals surface area contributed by atoms with E-state index in [1.807, 2.05) is 0 Å². The molecule has 0 aliphatic rings. The molecule has 0 amide bonds. The highest BCUT2D eigenvalue weighted by molar-refractivity contribution is 7.85. The van der Waals surface area contributed by atoms with Gasteiger partial charge in [-0.2, -0.15) is 13.5 Å². The second kappa shape index (κ2) is 6.93. The smallest absolute Gasteiger partial charge is 0.281 e. The maximum atomic E-state index is 12.4. The van der Waals surface area contributed by atoms with Crippen LogP contribution in [-0.2, 0) is 22.4 Å². The molecule has 0 spiro atoms. The summed E-state index contributed by atoms with van der Waals surface area (Å²) in [6.07, 6.45) is 0. The van der Waals surface area contributed by atoms with Crippen LogP contribution < -0.4 is 5.56 Å². The third-order valence-electron chi connectivity index (χ3n) is 3.45. The van der Waals surface area contributed by atoms with Crippen LogP contribution in [0.5, 0.6) is 5.88 Å². The summed E-state index contributed by atoms with van der Waals surface area (Å²) in [7, 11) is -4.39. The molecule has 8 nitrogen and oxygen atoms in total. The quantitative estimate of drug-likeness (QED) is 0.633. The summed E-state index contributed by atoms with van der Waals surface area (Å²) in [5, 5.41) is 18.0. The molecule has 0 bridgehead atoms.